The van der Waals surface area contributed by atoms with Crippen molar-refractivity contribution in [2.75, 3.05) is 5.32 Å². The molecular weight excluding hydrogens is 489 g/mol. The summed E-state index contributed by atoms with van der Waals surface area (Å²) in [5.41, 5.74) is 2.50. The van der Waals surface area contributed by atoms with Crippen molar-refractivity contribution in [1.82, 2.24) is 24.7 Å². The molecule has 0 unspecified atom stereocenters. The Balaban J connectivity index is 1.50. The van der Waals surface area contributed by atoms with Crippen LogP contribution in [-0.4, -0.2) is 35.6 Å². The van der Waals surface area contributed by atoms with E-state index in [0.29, 0.717) is 33.4 Å². The Bertz CT molecular complexity index is 1810. The zero-order valence-electron chi connectivity index (χ0n) is 18.0. The molecule has 0 aliphatic carbocycles. The smallest absolute Gasteiger partial charge is 0.324 e. The van der Waals surface area contributed by atoms with Gasteiger partial charge in [0.05, 0.1) is 27.1 Å². The quantitative estimate of drug-likeness (QED) is 0.257. The molecule has 0 bridgehead atoms. The maximum Gasteiger partial charge on any atom is 0.324 e. The molecule has 1 N–H and O–H groups in total. The number of nitro groups is 1. The molecule has 36 heavy (non-hydrogen) atoms. The number of nitrogens with one attached hydrogen (secondary N) is 1. The van der Waals surface area contributed by atoms with Crippen LogP contribution in [0, 0.1) is 15.9 Å². The molecule has 0 spiro atoms. The summed E-state index contributed by atoms with van der Waals surface area (Å²) in [6.45, 7) is 0. The van der Waals surface area contributed by atoms with Crippen LogP contribution in [0.3, 0.4) is 0 Å². The summed E-state index contributed by atoms with van der Waals surface area (Å²) in [6.07, 6.45) is 2.78. The lowest BCUT2D eigenvalue weighted by atomic mass is 10.2. The Labute approximate surface area is 204 Å². The molecule has 2 aromatic carbocycles. The summed E-state index contributed by atoms with van der Waals surface area (Å²) in [5.74, 6) is -0.642. The Morgan fingerprint density at radius 1 is 1.14 bits per heavy atom. The third-order valence-corrected chi connectivity index (χ3v) is 6.33. The van der Waals surface area contributed by atoms with Gasteiger partial charge in [-0.25, -0.2) is 24.0 Å². The molecule has 4 heterocycles. The summed E-state index contributed by atoms with van der Waals surface area (Å²) in [5, 5.41) is 18.3. The molecule has 6 rings (SSSR count). The highest BCUT2D eigenvalue weighted by atomic mass is 32.1. The average Bonchev–Trinajstić information content (AvgIpc) is 3.63. The molecule has 11 nitrogen and oxygen atoms in total. The van der Waals surface area contributed by atoms with Crippen LogP contribution < -0.4 is 5.32 Å². The van der Waals surface area contributed by atoms with Crippen LogP contribution in [0.2, 0.25) is 0 Å². The topological polar surface area (TPSA) is 142 Å². The highest BCUT2D eigenvalue weighted by Gasteiger charge is 2.20. The van der Waals surface area contributed by atoms with Crippen LogP contribution in [0.15, 0.2) is 71.6 Å². The molecule has 0 aliphatic heterocycles. The molecule has 0 aliphatic rings. The van der Waals surface area contributed by atoms with Gasteiger partial charge >= 0.3 is 5.00 Å². The second-order valence-electron chi connectivity index (χ2n) is 7.55. The van der Waals surface area contributed by atoms with Crippen molar-refractivity contribution in [3.63, 3.8) is 0 Å². The monoisotopic (exact) mass is 501 g/mol. The zero-order valence-corrected chi connectivity index (χ0v) is 18.8. The molecule has 4 aromatic heterocycles. The van der Waals surface area contributed by atoms with Crippen molar-refractivity contribution in [2.45, 2.75) is 0 Å². The van der Waals surface area contributed by atoms with E-state index in [1.807, 2.05) is 0 Å². The number of fused-ring (bicyclic) bond motifs is 2. The van der Waals surface area contributed by atoms with E-state index in [-0.39, 0.29) is 21.5 Å². The number of hydrogen-bond acceptors (Lipinski definition) is 9. The van der Waals surface area contributed by atoms with E-state index in [2.05, 4.69) is 25.4 Å². The van der Waals surface area contributed by atoms with Gasteiger partial charge in [-0.2, -0.15) is 5.10 Å². The number of thiophene rings is 1. The lowest BCUT2D eigenvalue weighted by molar-refractivity contribution is -0.380. The number of rotatable bonds is 5. The van der Waals surface area contributed by atoms with Crippen molar-refractivity contribution in [3.05, 3.63) is 88.0 Å². The van der Waals surface area contributed by atoms with Crippen LogP contribution in [0.4, 0.5) is 15.2 Å². The number of hydrogen-bond donors (Lipinski definition) is 1. The number of amides is 1. The Morgan fingerprint density at radius 2 is 2.03 bits per heavy atom. The van der Waals surface area contributed by atoms with E-state index in [1.54, 1.807) is 30.3 Å². The van der Waals surface area contributed by atoms with Crippen LogP contribution >= 0.6 is 11.3 Å². The van der Waals surface area contributed by atoms with E-state index in [9.17, 15) is 19.3 Å². The molecule has 0 atom stereocenters. The first-order chi connectivity index (χ1) is 17.5. The fourth-order valence-corrected chi connectivity index (χ4v) is 4.36. The van der Waals surface area contributed by atoms with Crippen LogP contribution in [0.5, 0.6) is 0 Å². The highest BCUT2D eigenvalue weighted by Crippen LogP contribution is 2.30. The predicted molar refractivity (Wildman–Crippen MR) is 129 cm³/mol. The number of aromatic nitrogens is 5. The summed E-state index contributed by atoms with van der Waals surface area (Å²) >= 11 is 0.745. The fourth-order valence-electron chi connectivity index (χ4n) is 3.64. The van der Waals surface area contributed by atoms with Gasteiger partial charge in [0.2, 0.25) is 0 Å². The Hall–Kier alpha value is -5.04. The number of anilines is 1. The van der Waals surface area contributed by atoms with E-state index < -0.39 is 16.6 Å². The van der Waals surface area contributed by atoms with Gasteiger partial charge in [-0.05, 0) is 42.5 Å². The van der Waals surface area contributed by atoms with Gasteiger partial charge in [-0.3, -0.25) is 14.9 Å². The van der Waals surface area contributed by atoms with Crippen molar-refractivity contribution < 1.29 is 18.5 Å². The van der Waals surface area contributed by atoms with Gasteiger partial charge in [0, 0.05) is 11.6 Å². The average molecular weight is 501 g/mol. The van der Waals surface area contributed by atoms with Gasteiger partial charge in [0.15, 0.2) is 23.4 Å². The number of carbonyl (C=O) groups is 1. The summed E-state index contributed by atoms with van der Waals surface area (Å²) in [6, 6.07) is 13.7. The summed E-state index contributed by atoms with van der Waals surface area (Å²) in [4.78, 5) is 36.8. The van der Waals surface area contributed by atoms with Gasteiger partial charge in [-0.1, -0.05) is 17.4 Å². The van der Waals surface area contributed by atoms with Crippen molar-refractivity contribution in [1.29, 1.82) is 0 Å². The molecule has 1 amide bonds. The third kappa shape index (κ3) is 3.73. The Morgan fingerprint density at radius 3 is 2.83 bits per heavy atom. The third-order valence-electron chi connectivity index (χ3n) is 5.30. The molecule has 13 heteroatoms. The van der Waals surface area contributed by atoms with Gasteiger partial charge in [0.25, 0.3) is 5.91 Å². The molecule has 0 fully saturated rings. The van der Waals surface area contributed by atoms with Crippen LogP contribution in [-0.2, 0) is 0 Å². The number of benzene rings is 2. The molecular formula is C23H12FN7O4S. The molecule has 0 saturated carbocycles. The number of carbonyl (C=O) groups excluding carboxylic acids is 1. The van der Waals surface area contributed by atoms with Crippen LogP contribution in [0.1, 0.15) is 9.67 Å². The first-order valence-corrected chi connectivity index (χ1v) is 11.2. The first-order valence-electron chi connectivity index (χ1n) is 10.4. The minimum atomic E-state index is -0.579. The normalized spacial score (nSPS) is 11.2. The van der Waals surface area contributed by atoms with E-state index >= 15 is 0 Å². The van der Waals surface area contributed by atoms with E-state index in [0.717, 1.165) is 11.3 Å². The SMILES string of the molecule is O=C(Nc1nc(-c2ccc3ocnc3c2)nc2c1cnn2-c1cccc(F)c1)c1ccc([N+](=O)[O-])s1. The van der Waals surface area contributed by atoms with E-state index in [4.69, 9.17) is 4.42 Å². The van der Waals surface area contributed by atoms with Gasteiger partial charge in [0.1, 0.15) is 17.2 Å². The minimum absolute atomic E-state index is 0.136. The van der Waals surface area contributed by atoms with Gasteiger partial charge in [-0.15, -0.1) is 0 Å². The molecule has 0 radical (unpaired) electrons. The van der Waals surface area contributed by atoms with Crippen molar-refractivity contribution in [2.24, 2.45) is 0 Å². The largest absolute Gasteiger partial charge is 0.443 e. The standard InChI is InChI=1S/C23H12FN7O4S/c24-13-2-1-3-14(9-13)30-22-15(10-26-30)21(29-23(32)18-6-7-19(36-18)31(33)34)27-20(28-22)12-4-5-17-16(8-12)25-11-35-17/h1-11H,(H,27,28,29,32). The molecule has 6 aromatic rings. The zero-order chi connectivity index (χ0) is 24.8. The second kappa shape index (κ2) is 8.32. The first kappa shape index (κ1) is 21.5. The maximum atomic E-state index is 13.9. The fraction of sp³-hybridized carbons (Fsp3) is 0. The molecule has 176 valence electrons. The number of oxazole rings is 1. The highest BCUT2D eigenvalue weighted by molar-refractivity contribution is 7.17. The summed E-state index contributed by atoms with van der Waals surface area (Å²) in [7, 11) is 0. The lowest BCUT2D eigenvalue weighted by Crippen LogP contribution is -2.12. The molecule has 0 saturated heterocycles. The van der Waals surface area contributed by atoms with Crippen molar-refractivity contribution >= 4 is 50.2 Å². The minimum Gasteiger partial charge on any atom is -0.443 e. The number of nitrogens with zero attached hydrogens (tertiary/aromatic N) is 6. The maximum absolute atomic E-state index is 13.9. The van der Waals surface area contributed by atoms with E-state index in [1.165, 1.54) is 41.5 Å². The summed E-state index contributed by atoms with van der Waals surface area (Å²) < 4.78 is 20.7. The Kier molecular flexibility index (Phi) is 4.97. The lowest BCUT2D eigenvalue weighted by Gasteiger charge is -2.09. The second-order valence-corrected chi connectivity index (χ2v) is 8.62. The van der Waals surface area contributed by atoms with Crippen molar-refractivity contribution in [3.8, 4) is 17.1 Å². The van der Waals surface area contributed by atoms with Gasteiger partial charge < -0.3 is 9.73 Å². The van der Waals surface area contributed by atoms with Crippen LogP contribution in [0.25, 0.3) is 39.2 Å². The predicted octanol–water partition coefficient (Wildman–Crippen LogP) is 4.98. The number of halogens is 1.